The Labute approximate surface area is 81.7 Å². The molecular formula is C9H11N3O2. The fourth-order valence-electron chi connectivity index (χ4n) is 2.41. The van der Waals surface area contributed by atoms with Crippen molar-refractivity contribution in [2.45, 2.75) is 37.8 Å². The maximum absolute atomic E-state index is 11.4. The molecule has 5 nitrogen and oxygen atoms in total. The van der Waals surface area contributed by atoms with Crippen molar-refractivity contribution in [2.75, 3.05) is 0 Å². The monoisotopic (exact) mass is 193 g/mol. The molecule has 2 aliphatic heterocycles. The zero-order chi connectivity index (χ0) is 10.1. The maximum atomic E-state index is 11.4. The number of ketones is 1. The van der Waals surface area contributed by atoms with E-state index in [1.807, 2.05) is 0 Å². The Bertz CT molecular complexity index is 305. The average molecular weight is 193 g/mol. The first-order valence-electron chi connectivity index (χ1n) is 4.71. The number of hydrogen-bond donors (Lipinski definition) is 1. The third kappa shape index (κ3) is 1.33. The van der Waals surface area contributed by atoms with E-state index < -0.39 is 0 Å². The van der Waals surface area contributed by atoms with Crippen molar-refractivity contribution in [3.8, 4) is 6.19 Å². The van der Waals surface area contributed by atoms with Crippen molar-refractivity contribution in [1.82, 2.24) is 10.2 Å². The van der Waals surface area contributed by atoms with Gasteiger partial charge in [-0.2, -0.15) is 5.26 Å². The van der Waals surface area contributed by atoms with E-state index in [4.69, 9.17) is 5.26 Å². The second-order valence-corrected chi connectivity index (χ2v) is 3.78. The van der Waals surface area contributed by atoms with Crippen LogP contribution in [-0.2, 0) is 4.79 Å². The molecule has 2 rings (SSSR count). The van der Waals surface area contributed by atoms with Crippen LogP contribution >= 0.6 is 0 Å². The summed E-state index contributed by atoms with van der Waals surface area (Å²) in [5.41, 5.74) is 0. The molecule has 2 heterocycles. The Morgan fingerprint density at radius 1 is 1.43 bits per heavy atom. The van der Waals surface area contributed by atoms with Crippen LogP contribution in [0.4, 0.5) is 4.79 Å². The maximum Gasteiger partial charge on any atom is 0.331 e. The molecule has 0 radical (unpaired) electrons. The van der Waals surface area contributed by atoms with E-state index in [9.17, 15) is 9.59 Å². The molecule has 0 spiro atoms. The molecule has 0 aromatic heterocycles. The Balaban J connectivity index is 2.11. The van der Waals surface area contributed by atoms with Gasteiger partial charge in [0.15, 0.2) is 6.19 Å². The van der Waals surface area contributed by atoms with Crippen LogP contribution in [0.25, 0.3) is 0 Å². The van der Waals surface area contributed by atoms with Gasteiger partial charge >= 0.3 is 6.03 Å². The highest BCUT2D eigenvalue weighted by molar-refractivity contribution is 5.85. The first kappa shape index (κ1) is 9.00. The number of Topliss-reactive ketones (excluding diaryl/α,β-unsaturated/α-hetero) is 1. The lowest BCUT2D eigenvalue weighted by Crippen LogP contribution is -2.50. The Kier molecular flexibility index (Phi) is 2.12. The fraction of sp³-hybridized carbons (Fsp3) is 0.667. The van der Waals surface area contributed by atoms with Gasteiger partial charge in [-0.05, 0) is 12.8 Å². The highest BCUT2D eigenvalue weighted by Gasteiger charge is 2.42. The lowest BCUT2D eigenvalue weighted by Gasteiger charge is -2.32. The summed E-state index contributed by atoms with van der Waals surface area (Å²) >= 11 is 0. The molecule has 1 N–H and O–H groups in total. The molecule has 74 valence electrons. The topological polar surface area (TPSA) is 73.2 Å². The summed E-state index contributed by atoms with van der Waals surface area (Å²) in [5, 5.41) is 10.4. The van der Waals surface area contributed by atoms with Crippen molar-refractivity contribution in [3.05, 3.63) is 0 Å². The van der Waals surface area contributed by atoms with Gasteiger partial charge in [0, 0.05) is 24.9 Å². The van der Waals surface area contributed by atoms with Crippen molar-refractivity contribution in [2.24, 2.45) is 0 Å². The van der Waals surface area contributed by atoms with Gasteiger partial charge in [0.25, 0.3) is 0 Å². The summed E-state index contributed by atoms with van der Waals surface area (Å²) in [6, 6.07) is -0.309. The molecule has 0 aromatic rings. The summed E-state index contributed by atoms with van der Waals surface area (Å²) in [7, 11) is 0. The first-order chi connectivity index (χ1) is 6.72. The lowest BCUT2D eigenvalue weighted by molar-refractivity contribution is -0.122. The Hall–Kier alpha value is -1.57. The Morgan fingerprint density at radius 3 is 2.50 bits per heavy atom. The van der Waals surface area contributed by atoms with Crippen molar-refractivity contribution in [3.63, 3.8) is 0 Å². The van der Waals surface area contributed by atoms with Gasteiger partial charge in [-0.15, -0.1) is 0 Å². The van der Waals surface area contributed by atoms with Crippen LogP contribution in [0, 0.1) is 11.5 Å². The molecule has 2 saturated heterocycles. The first-order valence-corrected chi connectivity index (χ1v) is 4.71. The molecule has 14 heavy (non-hydrogen) atoms. The predicted molar refractivity (Wildman–Crippen MR) is 47.0 cm³/mol. The molecule has 5 heteroatoms. The fourth-order valence-corrected chi connectivity index (χ4v) is 2.41. The zero-order valence-corrected chi connectivity index (χ0v) is 7.69. The summed E-state index contributed by atoms with van der Waals surface area (Å²) in [6.45, 7) is 0. The van der Waals surface area contributed by atoms with Crippen LogP contribution in [-0.4, -0.2) is 28.8 Å². The number of nitrogens with zero attached hydrogens (tertiary/aromatic N) is 2. The third-order valence-electron chi connectivity index (χ3n) is 2.94. The number of fused-ring (bicyclic) bond motifs is 2. The number of carbonyl (C=O) groups excluding carboxylic acids is 2. The van der Waals surface area contributed by atoms with Crippen LogP contribution in [0.15, 0.2) is 0 Å². The van der Waals surface area contributed by atoms with Gasteiger partial charge in [-0.1, -0.05) is 0 Å². The number of piperidine rings is 1. The molecule has 2 atom stereocenters. The molecule has 2 aliphatic rings. The summed E-state index contributed by atoms with van der Waals surface area (Å²) in [4.78, 5) is 24.3. The molecule has 0 saturated carbocycles. The summed E-state index contributed by atoms with van der Waals surface area (Å²) < 4.78 is 0. The molecule has 2 bridgehead atoms. The minimum atomic E-state index is -0.354. The SMILES string of the molecule is N#CNC(=O)N1C2CCC1CC(=O)C2. The van der Waals surface area contributed by atoms with Crippen molar-refractivity contribution < 1.29 is 9.59 Å². The number of hydrogen-bond acceptors (Lipinski definition) is 3. The molecular weight excluding hydrogens is 182 g/mol. The van der Waals surface area contributed by atoms with Crippen LogP contribution in [0.3, 0.4) is 0 Å². The van der Waals surface area contributed by atoms with E-state index in [2.05, 4.69) is 5.32 Å². The van der Waals surface area contributed by atoms with Crippen LogP contribution in [0.5, 0.6) is 0 Å². The largest absolute Gasteiger partial charge is 0.331 e. The summed E-state index contributed by atoms with van der Waals surface area (Å²) in [6.07, 6.45) is 4.29. The van der Waals surface area contributed by atoms with Crippen LogP contribution in [0.1, 0.15) is 25.7 Å². The average Bonchev–Trinajstić information content (AvgIpc) is 2.39. The quantitative estimate of drug-likeness (QED) is 0.446. The second-order valence-electron chi connectivity index (χ2n) is 3.78. The molecule has 0 aromatic carbocycles. The van der Waals surface area contributed by atoms with Crippen LogP contribution < -0.4 is 5.32 Å². The van der Waals surface area contributed by atoms with Gasteiger partial charge in [0.2, 0.25) is 0 Å². The molecule has 2 amide bonds. The molecule has 0 aliphatic carbocycles. The normalized spacial score (nSPS) is 29.9. The summed E-state index contributed by atoms with van der Waals surface area (Å²) in [5.74, 6) is 0.235. The number of rotatable bonds is 0. The molecule has 2 unspecified atom stereocenters. The smallest absolute Gasteiger partial charge is 0.317 e. The van der Waals surface area contributed by atoms with Gasteiger partial charge in [0.1, 0.15) is 5.78 Å². The Morgan fingerprint density at radius 2 is 2.00 bits per heavy atom. The van der Waals surface area contributed by atoms with E-state index >= 15 is 0 Å². The lowest BCUT2D eigenvalue weighted by atomic mass is 10.0. The van der Waals surface area contributed by atoms with Gasteiger partial charge in [0.05, 0.1) is 0 Å². The highest BCUT2D eigenvalue weighted by atomic mass is 16.2. The minimum Gasteiger partial charge on any atom is -0.317 e. The number of nitrogens with one attached hydrogen (secondary N) is 1. The highest BCUT2D eigenvalue weighted by Crippen LogP contribution is 2.33. The van der Waals surface area contributed by atoms with E-state index in [0.717, 1.165) is 12.8 Å². The van der Waals surface area contributed by atoms with E-state index in [1.54, 1.807) is 11.1 Å². The van der Waals surface area contributed by atoms with Crippen molar-refractivity contribution in [1.29, 1.82) is 5.26 Å². The number of nitriles is 1. The van der Waals surface area contributed by atoms with Gasteiger partial charge in [-0.3, -0.25) is 4.79 Å². The second kappa shape index (κ2) is 3.29. The molecule has 2 fully saturated rings. The van der Waals surface area contributed by atoms with E-state index in [-0.39, 0.29) is 23.9 Å². The zero-order valence-electron chi connectivity index (χ0n) is 7.69. The minimum absolute atomic E-state index is 0.0228. The standard InChI is InChI=1S/C9H11N3O2/c10-5-11-9(14)12-6-1-2-7(12)4-8(13)3-6/h6-7H,1-4H2,(H,11,14). The number of urea groups is 1. The van der Waals surface area contributed by atoms with E-state index in [0.29, 0.717) is 12.8 Å². The predicted octanol–water partition coefficient (Wildman–Crippen LogP) is 0.373. The van der Waals surface area contributed by atoms with E-state index in [1.165, 1.54) is 0 Å². The number of carbonyl (C=O) groups is 2. The number of amides is 2. The third-order valence-corrected chi connectivity index (χ3v) is 2.94. The van der Waals surface area contributed by atoms with Gasteiger partial charge < -0.3 is 4.90 Å². The van der Waals surface area contributed by atoms with Crippen LogP contribution in [0.2, 0.25) is 0 Å². The van der Waals surface area contributed by atoms with Crippen molar-refractivity contribution >= 4 is 11.8 Å². The van der Waals surface area contributed by atoms with Gasteiger partial charge in [-0.25, -0.2) is 10.1 Å².